The number of hydrogen-bond donors (Lipinski definition) is 0. The van der Waals surface area contributed by atoms with Crippen molar-refractivity contribution in [3.05, 3.63) is 23.3 Å². The summed E-state index contributed by atoms with van der Waals surface area (Å²) in [5, 5.41) is 0.186. The number of hydrogen-bond acceptors (Lipinski definition) is 3. The Bertz CT molecular complexity index is 426. The predicted molar refractivity (Wildman–Crippen MR) is 96.5 cm³/mol. The number of ether oxygens (including phenoxy) is 1. The van der Waals surface area contributed by atoms with Crippen molar-refractivity contribution in [1.29, 1.82) is 0 Å². The maximum atomic E-state index is 12.0. The minimum atomic E-state index is -1.77. The minimum absolute atomic E-state index is 0.186. The third kappa shape index (κ3) is 7.41. The molecule has 0 aromatic rings. The van der Waals surface area contributed by atoms with Crippen molar-refractivity contribution in [3.8, 4) is 0 Å². The zero-order chi connectivity index (χ0) is 17.6. The number of allylic oxidation sites excluding steroid dienone is 1. The van der Waals surface area contributed by atoms with Crippen LogP contribution in [0, 0.1) is 5.92 Å². The molecule has 128 valence electrons. The Kier molecular flexibility index (Phi) is 8.33. The van der Waals surface area contributed by atoms with Crippen LogP contribution >= 0.6 is 0 Å². The molecular weight excluding hydrogens is 292 g/mol. The van der Waals surface area contributed by atoms with Crippen molar-refractivity contribution < 1.29 is 14.0 Å². The first-order valence-corrected chi connectivity index (χ1v) is 11.0. The van der Waals surface area contributed by atoms with Gasteiger partial charge in [0.15, 0.2) is 8.32 Å². The first kappa shape index (κ1) is 21.1. The molecule has 0 rings (SSSR count). The molecule has 22 heavy (non-hydrogen) atoms. The molecule has 0 fully saturated rings. The summed E-state index contributed by atoms with van der Waals surface area (Å²) in [5.74, 6) is 0.0349. The normalized spacial score (nSPS) is 14.5. The molecule has 4 heteroatoms. The Balaban J connectivity index is 5.02. The molecule has 0 saturated carbocycles. The van der Waals surface area contributed by atoms with Gasteiger partial charge in [-0.15, -0.1) is 0 Å². The highest BCUT2D eigenvalue weighted by Gasteiger charge is 2.36. The lowest BCUT2D eigenvalue weighted by atomic mass is 10.1. The maximum absolute atomic E-state index is 12.0. The molecule has 0 spiro atoms. The lowest BCUT2D eigenvalue weighted by Crippen LogP contribution is -2.41. The third-order valence-corrected chi connectivity index (χ3v) is 8.37. The van der Waals surface area contributed by atoms with E-state index in [-0.39, 0.29) is 11.0 Å². The van der Waals surface area contributed by atoms with Gasteiger partial charge in [0, 0.05) is 0 Å². The van der Waals surface area contributed by atoms with E-state index in [1.807, 2.05) is 26.0 Å². The number of rotatable bonds is 7. The van der Waals surface area contributed by atoms with Gasteiger partial charge in [0.05, 0.1) is 18.8 Å². The van der Waals surface area contributed by atoms with Crippen LogP contribution in [0.2, 0.25) is 18.1 Å². The van der Waals surface area contributed by atoms with Crippen LogP contribution in [0.1, 0.15) is 48.5 Å². The number of carbonyl (C=O) groups excluding carboxylic acids is 1. The monoisotopic (exact) mass is 326 g/mol. The Hall–Kier alpha value is -0.873. The van der Waals surface area contributed by atoms with Gasteiger partial charge in [0.1, 0.15) is 0 Å². The topological polar surface area (TPSA) is 35.5 Å². The van der Waals surface area contributed by atoms with Crippen LogP contribution in [0.15, 0.2) is 23.3 Å². The van der Waals surface area contributed by atoms with Crippen molar-refractivity contribution in [1.82, 2.24) is 0 Å². The van der Waals surface area contributed by atoms with E-state index in [1.54, 1.807) is 0 Å². The van der Waals surface area contributed by atoms with E-state index in [4.69, 9.17) is 9.16 Å². The van der Waals surface area contributed by atoms with Gasteiger partial charge in [-0.1, -0.05) is 40.7 Å². The Labute approximate surface area is 137 Å². The highest BCUT2D eigenvalue weighted by molar-refractivity contribution is 6.74. The summed E-state index contributed by atoms with van der Waals surface area (Å²) in [6.45, 7) is 20.0. The molecule has 0 bridgehead atoms. The molecule has 0 atom stereocenters. The third-order valence-electron chi connectivity index (χ3n) is 3.89. The molecule has 0 heterocycles. The van der Waals surface area contributed by atoms with Crippen molar-refractivity contribution in [2.24, 2.45) is 5.92 Å². The fourth-order valence-electron chi connectivity index (χ4n) is 1.57. The molecule has 0 aromatic heterocycles. The van der Waals surface area contributed by atoms with Crippen LogP contribution < -0.4 is 0 Å². The Morgan fingerprint density at radius 3 is 2.18 bits per heavy atom. The van der Waals surface area contributed by atoms with Crippen molar-refractivity contribution in [2.75, 3.05) is 13.2 Å². The molecule has 0 radical (unpaired) electrons. The summed E-state index contributed by atoms with van der Waals surface area (Å²) in [4.78, 5) is 12.0. The van der Waals surface area contributed by atoms with Crippen LogP contribution in [0.4, 0.5) is 0 Å². The van der Waals surface area contributed by atoms with Gasteiger partial charge in [-0.25, -0.2) is 4.79 Å². The van der Waals surface area contributed by atoms with Gasteiger partial charge < -0.3 is 9.16 Å². The fraction of sp³-hybridized carbons (Fsp3) is 0.722. The van der Waals surface area contributed by atoms with Crippen molar-refractivity contribution in [2.45, 2.75) is 66.6 Å². The molecule has 3 nitrogen and oxygen atoms in total. The summed E-state index contributed by atoms with van der Waals surface area (Å²) >= 11 is 0. The summed E-state index contributed by atoms with van der Waals surface area (Å²) in [6.07, 6.45) is 3.83. The van der Waals surface area contributed by atoms with Crippen LogP contribution in [0.3, 0.4) is 0 Å². The first-order chi connectivity index (χ1) is 9.90. The van der Waals surface area contributed by atoms with E-state index in [0.717, 1.165) is 5.57 Å². The molecular formula is C18H34O3Si. The summed E-state index contributed by atoms with van der Waals surface area (Å²) in [6, 6.07) is 0. The smallest absolute Gasteiger partial charge is 0.337 e. The second kappa shape index (κ2) is 8.68. The summed E-state index contributed by atoms with van der Waals surface area (Å²) in [7, 11) is -1.77. The molecule has 0 N–H and O–H groups in total. The molecule has 0 aliphatic heterocycles. The van der Waals surface area contributed by atoms with Crippen molar-refractivity contribution >= 4 is 14.3 Å². The molecule has 0 unspecified atom stereocenters. The minimum Gasteiger partial charge on any atom is -0.462 e. The van der Waals surface area contributed by atoms with Crippen LogP contribution in [-0.2, 0) is 14.0 Å². The zero-order valence-electron chi connectivity index (χ0n) is 15.9. The van der Waals surface area contributed by atoms with Gasteiger partial charge in [0.25, 0.3) is 0 Å². The SMILES string of the molecule is CCOC(=O)C(/C=C(\C)CO[Si](C)(C)C(C)(C)C)=C/C(C)C. The zero-order valence-corrected chi connectivity index (χ0v) is 16.9. The van der Waals surface area contributed by atoms with E-state index in [1.165, 1.54) is 0 Å². The number of carbonyl (C=O) groups is 1. The summed E-state index contributed by atoms with van der Waals surface area (Å²) in [5.41, 5.74) is 1.66. The lowest BCUT2D eigenvalue weighted by molar-refractivity contribution is -0.138. The van der Waals surface area contributed by atoms with Gasteiger partial charge in [-0.3, -0.25) is 0 Å². The largest absolute Gasteiger partial charge is 0.462 e. The predicted octanol–water partition coefficient (Wildman–Crippen LogP) is 5.10. The van der Waals surface area contributed by atoms with Gasteiger partial charge in [-0.05, 0) is 49.5 Å². The second-order valence-electron chi connectivity index (χ2n) is 7.63. The Morgan fingerprint density at radius 2 is 1.77 bits per heavy atom. The highest BCUT2D eigenvalue weighted by atomic mass is 28.4. The maximum Gasteiger partial charge on any atom is 0.337 e. The lowest BCUT2D eigenvalue weighted by Gasteiger charge is -2.36. The van der Waals surface area contributed by atoms with E-state index in [9.17, 15) is 4.79 Å². The number of esters is 1. The van der Waals surface area contributed by atoms with Crippen molar-refractivity contribution in [3.63, 3.8) is 0 Å². The molecule has 0 saturated heterocycles. The standard InChI is InChI=1S/C18H34O3Si/c1-10-20-17(19)16(11-14(2)3)12-15(4)13-21-22(8,9)18(5,6)7/h11-12,14H,10,13H2,1-9H3/b15-12+,16-11+. The van der Waals surface area contributed by atoms with Crippen LogP contribution in [-0.4, -0.2) is 27.5 Å². The first-order valence-electron chi connectivity index (χ1n) is 8.10. The average Bonchev–Trinajstić information content (AvgIpc) is 2.34. The van der Waals surface area contributed by atoms with Crippen LogP contribution in [0.5, 0.6) is 0 Å². The van der Waals surface area contributed by atoms with E-state index >= 15 is 0 Å². The highest BCUT2D eigenvalue weighted by Crippen LogP contribution is 2.36. The fourth-order valence-corrected chi connectivity index (χ4v) is 2.59. The van der Waals surface area contributed by atoms with E-state index < -0.39 is 8.32 Å². The van der Waals surface area contributed by atoms with Gasteiger partial charge >= 0.3 is 5.97 Å². The van der Waals surface area contributed by atoms with Crippen LogP contribution in [0.25, 0.3) is 0 Å². The Morgan fingerprint density at radius 1 is 1.23 bits per heavy atom. The molecule has 0 aliphatic carbocycles. The van der Waals surface area contributed by atoms with Gasteiger partial charge in [-0.2, -0.15) is 0 Å². The molecule has 0 amide bonds. The van der Waals surface area contributed by atoms with E-state index in [2.05, 4.69) is 47.7 Å². The quantitative estimate of drug-likeness (QED) is 0.282. The van der Waals surface area contributed by atoms with Gasteiger partial charge in [0.2, 0.25) is 0 Å². The van der Waals surface area contributed by atoms with E-state index in [0.29, 0.717) is 24.7 Å². The molecule has 0 aromatic carbocycles. The summed E-state index contributed by atoms with van der Waals surface area (Å²) < 4.78 is 11.3. The second-order valence-corrected chi connectivity index (χ2v) is 12.4. The molecule has 0 aliphatic rings. The average molecular weight is 327 g/mol.